The Balaban J connectivity index is 2.45. The van der Waals surface area contributed by atoms with Gasteiger partial charge in [-0.1, -0.05) is 0 Å². The summed E-state index contributed by atoms with van der Waals surface area (Å²) in [6.07, 6.45) is 3.84. The van der Waals surface area contributed by atoms with E-state index in [2.05, 4.69) is 10.4 Å². The molecule has 1 aromatic rings. The molecule has 1 aliphatic heterocycles. The second-order valence-corrected chi connectivity index (χ2v) is 7.12. The van der Waals surface area contributed by atoms with Crippen molar-refractivity contribution in [1.82, 2.24) is 19.4 Å². The number of nitrogens with zero attached hydrogens (tertiary/aromatic N) is 3. The van der Waals surface area contributed by atoms with Crippen LogP contribution in [0.5, 0.6) is 0 Å². The molecule has 1 saturated heterocycles. The van der Waals surface area contributed by atoms with E-state index in [-0.39, 0.29) is 24.0 Å². The fourth-order valence-corrected chi connectivity index (χ4v) is 4.64. The molecule has 0 spiro atoms. The summed E-state index contributed by atoms with van der Waals surface area (Å²) in [7, 11) is -0.844. The second-order valence-electron chi connectivity index (χ2n) is 5.26. The van der Waals surface area contributed by atoms with E-state index in [1.165, 1.54) is 30.9 Å². The molecule has 22 heavy (non-hydrogen) atoms. The Morgan fingerprint density at radius 3 is 2.82 bits per heavy atom. The van der Waals surface area contributed by atoms with Crippen LogP contribution in [0.2, 0.25) is 0 Å². The highest BCUT2D eigenvalue weighted by Gasteiger charge is 2.53. The van der Waals surface area contributed by atoms with Gasteiger partial charge in [-0.05, 0) is 19.8 Å². The third-order valence-corrected chi connectivity index (χ3v) is 5.90. The number of carbonyl (C=O) groups excluding carboxylic acids is 1. The van der Waals surface area contributed by atoms with Crippen LogP contribution in [0, 0.1) is 0 Å². The van der Waals surface area contributed by atoms with Gasteiger partial charge < -0.3 is 10.1 Å². The van der Waals surface area contributed by atoms with Gasteiger partial charge in [-0.25, -0.2) is 8.42 Å². The summed E-state index contributed by atoms with van der Waals surface area (Å²) in [5.74, 6) is -0.349. The number of nitrogens with one attached hydrogen (secondary N) is 1. The van der Waals surface area contributed by atoms with Gasteiger partial charge in [0.05, 0.1) is 12.8 Å². The summed E-state index contributed by atoms with van der Waals surface area (Å²) in [5, 5.41) is 6.57. The average Bonchev–Trinajstić information content (AvgIpc) is 3.14. The lowest BCUT2D eigenvalue weighted by Gasteiger charge is -2.34. The Hall–Kier alpha value is -1.45. The third-order valence-electron chi connectivity index (χ3n) is 3.98. The Morgan fingerprint density at radius 2 is 2.27 bits per heavy atom. The number of likely N-dealkylation sites (N-methyl/N-ethyl adjacent to an activating group) is 1. The molecule has 2 heterocycles. The summed E-state index contributed by atoms with van der Waals surface area (Å²) < 4.78 is 33.8. The van der Waals surface area contributed by atoms with Crippen LogP contribution in [0.15, 0.2) is 17.3 Å². The number of aromatic nitrogens is 2. The fraction of sp³-hybridized carbons (Fsp3) is 0.692. The molecule has 124 valence electrons. The van der Waals surface area contributed by atoms with Crippen LogP contribution in [-0.4, -0.2) is 61.3 Å². The molecule has 0 aromatic carbocycles. The standard InChI is InChI=1S/C13H22N4O4S/c1-4-16-9-11(8-15-16)22(19,20)17-7-5-6-13(17,10-21-3)12(18)14-2/h8-9H,4-7,10H2,1-3H3,(H,14,18). The maximum atomic E-state index is 12.9. The Bertz CT molecular complexity index is 642. The number of carbonyl (C=O) groups is 1. The summed E-state index contributed by atoms with van der Waals surface area (Å²) >= 11 is 0. The van der Waals surface area contributed by atoms with Gasteiger partial charge in [0.2, 0.25) is 15.9 Å². The lowest BCUT2D eigenvalue weighted by molar-refractivity contribution is -0.131. The van der Waals surface area contributed by atoms with E-state index in [0.717, 1.165) is 0 Å². The van der Waals surface area contributed by atoms with Crippen molar-refractivity contribution in [3.63, 3.8) is 0 Å². The molecule has 1 unspecified atom stereocenters. The maximum absolute atomic E-state index is 12.9. The number of hydrogen-bond donors (Lipinski definition) is 1. The van der Waals surface area contributed by atoms with Crippen molar-refractivity contribution < 1.29 is 17.9 Å². The predicted molar refractivity (Wildman–Crippen MR) is 79.7 cm³/mol. The maximum Gasteiger partial charge on any atom is 0.247 e. The first-order valence-electron chi connectivity index (χ1n) is 7.19. The molecule has 1 atom stereocenters. The first kappa shape index (κ1) is 16.9. The van der Waals surface area contributed by atoms with Gasteiger partial charge >= 0.3 is 0 Å². The van der Waals surface area contributed by atoms with Gasteiger partial charge in [-0.15, -0.1) is 0 Å². The van der Waals surface area contributed by atoms with Gasteiger partial charge in [-0.2, -0.15) is 9.40 Å². The molecule has 1 N–H and O–H groups in total. The van der Waals surface area contributed by atoms with Crippen molar-refractivity contribution in [3.8, 4) is 0 Å². The molecule has 2 rings (SSSR count). The molecule has 0 radical (unpaired) electrons. The predicted octanol–water partition coefficient (Wildman–Crippen LogP) is -0.181. The van der Waals surface area contributed by atoms with Crippen molar-refractivity contribution in [2.75, 3.05) is 27.3 Å². The molecule has 8 nitrogen and oxygen atoms in total. The second kappa shape index (κ2) is 6.35. The highest BCUT2D eigenvalue weighted by Crippen LogP contribution is 2.35. The Kier molecular flexibility index (Phi) is 4.88. The first-order chi connectivity index (χ1) is 10.4. The SMILES string of the molecule is CCn1cc(S(=O)(=O)N2CCCC2(COC)C(=O)NC)cn1. The number of methoxy groups -OCH3 is 1. The molecule has 9 heteroatoms. The smallest absolute Gasteiger partial charge is 0.247 e. The lowest BCUT2D eigenvalue weighted by Crippen LogP contribution is -2.59. The van der Waals surface area contributed by atoms with E-state index in [0.29, 0.717) is 19.4 Å². The highest BCUT2D eigenvalue weighted by atomic mass is 32.2. The molecular weight excluding hydrogens is 308 g/mol. The molecule has 1 amide bonds. The van der Waals surface area contributed by atoms with Crippen LogP contribution in [0.4, 0.5) is 0 Å². The zero-order valence-electron chi connectivity index (χ0n) is 13.1. The minimum atomic E-state index is -3.80. The number of ether oxygens (including phenoxy) is 1. The van der Waals surface area contributed by atoms with E-state index < -0.39 is 15.6 Å². The largest absolute Gasteiger partial charge is 0.382 e. The van der Waals surface area contributed by atoms with Gasteiger partial charge in [-0.3, -0.25) is 9.48 Å². The number of hydrogen-bond acceptors (Lipinski definition) is 5. The molecule has 1 aliphatic rings. The van der Waals surface area contributed by atoms with Crippen molar-refractivity contribution in [2.45, 2.75) is 36.7 Å². The van der Waals surface area contributed by atoms with Crippen LogP contribution in [0.3, 0.4) is 0 Å². The number of aryl methyl sites for hydroxylation is 1. The monoisotopic (exact) mass is 330 g/mol. The summed E-state index contributed by atoms with van der Waals surface area (Å²) in [6, 6.07) is 0. The average molecular weight is 330 g/mol. The number of sulfonamides is 1. The van der Waals surface area contributed by atoms with Crippen LogP contribution >= 0.6 is 0 Å². The third kappa shape index (κ3) is 2.64. The Labute approximate surface area is 130 Å². The molecule has 0 bridgehead atoms. The summed E-state index contributed by atoms with van der Waals surface area (Å²) in [6.45, 7) is 2.76. The number of amides is 1. The molecular formula is C13H22N4O4S. The first-order valence-corrected chi connectivity index (χ1v) is 8.63. The van der Waals surface area contributed by atoms with Crippen molar-refractivity contribution in [2.24, 2.45) is 0 Å². The quantitative estimate of drug-likeness (QED) is 0.781. The van der Waals surface area contributed by atoms with Gasteiger partial charge in [0, 0.05) is 33.4 Å². The molecule has 0 aliphatic carbocycles. The van der Waals surface area contributed by atoms with Crippen LogP contribution in [0.25, 0.3) is 0 Å². The molecule has 1 aromatic heterocycles. The topological polar surface area (TPSA) is 93.5 Å². The highest BCUT2D eigenvalue weighted by molar-refractivity contribution is 7.89. The summed E-state index contributed by atoms with van der Waals surface area (Å²) in [5.41, 5.74) is -1.20. The zero-order chi connectivity index (χ0) is 16.4. The lowest BCUT2D eigenvalue weighted by atomic mass is 9.97. The van der Waals surface area contributed by atoms with Crippen LogP contribution in [-0.2, 0) is 26.1 Å². The van der Waals surface area contributed by atoms with Crippen molar-refractivity contribution in [1.29, 1.82) is 0 Å². The molecule has 1 fully saturated rings. The van der Waals surface area contributed by atoms with E-state index in [1.807, 2.05) is 6.92 Å². The van der Waals surface area contributed by atoms with Crippen LogP contribution < -0.4 is 5.32 Å². The fourth-order valence-electron chi connectivity index (χ4n) is 2.89. The van der Waals surface area contributed by atoms with Crippen molar-refractivity contribution >= 4 is 15.9 Å². The van der Waals surface area contributed by atoms with Crippen molar-refractivity contribution in [3.05, 3.63) is 12.4 Å². The summed E-state index contributed by atoms with van der Waals surface area (Å²) in [4.78, 5) is 12.5. The van der Waals surface area contributed by atoms with E-state index in [4.69, 9.17) is 4.74 Å². The zero-order valence-corrected chi connectivity index (χ0v) is 13.9. The van der Waals surface area contributed by atoms with Gasteiger partial charge in [0.25, 0.3) is 0 Å². The van der Waals surface area contributed by atoms with E-state index >= 15 is 0 Å². The Morgan fingerprint density at radius 1 is 1.55 bits per heavy atom. The number of rotatable bonds is 6. The normalized spacial score (nSPS) is 22.9. The van der Waals surface area contributed by atoms with Gasteiger partial charge in [0.15, 0.2) is 0 Å². The van der Waals surface area contributed by atoms with Gasteiger partial charge in [0.1, 0.15) is 10.4 Å². The van der Waals surface area contributed by atoms with E-state index in [9.17, 15) is 13.2 Å². The van der Waals surface area contributed by atoms with Crippen LogP contribution in [0.1, 0.15) is 19.8 Å². The minimum absolute atomic E-state index is 0.0216. The minimum Gasteiger partial charge on any atom is -0.382 e. The van der Waals surface area contributed by atoms with E-state index in [1.54, 1.807) is 4.68 Å². The molecule has 0 saturated carbocycles.